The molecule has 10 heteroatoms. The summed E-state index contributed by atoms with van der Waals surface area (Å²) in [5, 5.41) is 6.50. The van der Waals surface area contributed by atoms with E-state index < -0.39 is 11.0 Å². The third-order valence-electron chi connectivity index (χ3n) is 5.08. The van der Waals surface area contributed by atoms with Crippen molar-refractivity contribution in [2.24, 2.45) is 0 Å². The van der Waals surface area contributed by atoms with Gasteiger partial charge in [-0.2, -0.15) is 0 Å². The van der Waals surface area contributed by atoms with Crippen LogP contribution in [-0.4, -0.2) is 65.6 Å². The van der Waals surface area contributed by atoms with Crippen molar-refractivity contribution >= 4 is 34.0 Å². The highest BCUT2D eigenvalue weighted by molar-refractivity contribution is 7.83. The van der Waals surface area contributed by atoms with Gasteiger partial charge in [-0.15, -0.1) is 0 Å². The predicted octanol–water partition coefficient (Wildman–Crippen LogP) is 2.92. The van der Waals surface area contributed by atoms with Gasteiger partial charge in [-0.3, -0.25) is 4.90 Å². The van der Waals surface area contributed by atoms with E-state index in [-0.39, 0.29) is 0 Å². The molecule has 3 aromatic rings. The third-order valence-corrected chi connectivity index (χ3v) is 6.13. The SMILES string of the molecule is CNS(=O)c1cccc(Nc2cc(Nc3ccc(OCCN4CCOCC4)cc3)ncn2)c1. The minimum absolute atomic E-state index is 0.628. The van der Waals surface area contributed by atoms with Gasteiger partial charge in [-0.1, -0.05) is 6.07 Å². The van der Waals surface area contributed by atoms with Crippen molar-refractivity contribution in [1.82, 2.24) is 19.6 Å². The molecule has 1 fully saturated rings. The maximum absolute atomic E-state index is 12.0. The van der Waals surface area contributed by atoms with Crippen molar-refractivity contribution in [2.75, 3.05) is 57.1 Å². The first-order valence-electron chi connectivity index (χ1n) is 10.8. The Morgan fingerprint density at radius 3 is 2.45 bits per heavy atom. The zero-order valence-corrected chi connectivity index (χ0v) is 19.3. The monoisotopic (exact) mass is 468 g/mol. The van der Waals surface area contributed by atoms with Crippen LogP contribution in [0, 0.1) is 0 Å². The smallest absolute Gasteiger partial charge is 0.135 e. The molecule has 0 saturated carbocycles. The summed E-state index contributed by atoms with van der Waals surface area (Å²) in [5.41, 5.74) is 1.69. The average molecular weight is 469 g/mol. The van der Waals surface area contributed by atoms with Crippen molar-refractivity contribution in [3.05, 3.63) is 60.9 Å². The van der Waals surface area contributed by atoms with Crippen LogP contribution in [0.5, 0.6) is 5.75 Å². The van der Waals surface area contributed by atoms with E-state index in [0.29, 0.717) is 23.1 Å². The van der Waals surface area contributed by atoms with Gasteiger partial charge in [0.1, 0.15) is 41.3 Å². The van der Waals surface area contributed by atoms with Gasteiger partial charge in [-0.25, -0.2) is 18.9 Å². The molecule has 0 spiro atoms. The van der Waals surface area contributed by atoms with E-state index in [0.717, 1.165) is 50.0 Å². The van der Waals surface area contributed by atoms with Crippen LogP contribution in [0.4, 0.5) is 23.0 Å². The number of aromatic nitrogens is 2. The molecule has 1 aromatic heterocycles. The van der Waals surface area contributed by atoms with Gasteiger partial charge in [-0.05, 0) is 49.5 Å². The fourth-order valence-corrected chi connectivity index (χ4v) is 4.02. The maximum Gasteiger partial charge on any atom is 0.135 e. The van der Waals surface area contributed by atoms with Crippen molar-refractivity contribution in [1.29, 1.82) is 0 Å². The molecule has 1 unspecified atom stereocenters. The molecule has 3 N–H and O–H groups in total. The van der Waals surface area contributed by atoms with Crippen molar-refractivity contribution in [2.45, 2.75) is 4.90 Å². The van der Waals surface area contributed by atoms with E-state index in [4.69, 9.17) is 9.47 Å². The first kappa shape index (κ1) is 23.1. The van der Waals surface area contributed by atoms with Crippen molar-refractivity contribution in [3.63, 3.8) is 0 Å². The number of hydrogen-bond donors (Lipinski definition) is 3. The Labute approximate surface area is 196 Å². The zero-order chi connectivity index (χ0) is 22.9. The van der Waals surface area contributed by atoms with E-state index in [1.807, 2.05) is 48.5 Å². The van der Waals surface area contributed by atoms with Crippen LogP contribution < -0.4 is 20.1 Å². The predicted molar refractivity (Wildman–Crippen MR) is 130 cm³/mol. The Kier molecular flexibility index (Phi) is 8.20. The molecule has 4 rings (SSSR count). The van der Waals surface area contributed by atoms with Crippen LogP contribution in [0.15, 0.2) is 65.8 Å². The Morgan fingerprint density at radius 2 is 1.73 bits per heavy atom. The van der Waals surface area contributed by atoms with Gasteiger partial charge in [0.25, 0.3) is 0 Å². The molecular formula is C23H28N6O3S. The average Bonchev–Trinajstić information content (AvgIpc) is 2.86. The molecule has 0 aliphatic carbocycles. The molecule has 2 heterocycles. The lowest BCUT2D eigenvalue weighted by Crippen LogP contribution is -2.38. The summed E-state index contributed by atoms with van der Waals surface area (Å²) in [6.45, 7) is 5.06. The Morgan fingerprint density at radius 1 is 1.00 bits per heavy atom. The first-order chi connectivity index (χ1) is 16.2. The molecule has 0 radical (unpaired) electrons. The van der Waals surface area contributed by atoms with Crippen LogP contribution in [0.2, 0.25) is 0 Å². The fraction of sp³-hybridized carbons (Fsp3) is 0.304. The zero-order valence-electron chi connectivity index (χ0n) is 18.5. The molecule has 9 nitrogen and oxygen atoms in total. The van der Waals surface area contributed by atoms with Crippen LogP contribution in [0.25, 0.3) is 0 Å². The molecule has 2 aromatic carbocycles. The molecular weight excluding hydrogens is 440 g/mol. The van der Waals surface area contributed by atoms with Crippen molar-refractivity contribution in [3.8, 4) is 5.75 Å². The number of hydrogen-bond acceptors (Lipinski definition) is 8. The highest BCUT2D eigenvalue weighted by Crippen LogP contribution is 2.22. The molecule has 1 saturated heterocycles. The summed E-state index contributed by atoms with van der Waals surface area (Å²) in [5.74, 6) is 2.11. The van der Waals surface area contributed by atoms with Crippen LogP contribution >= 0.6 is 0 Å². The first-order valence-corrected chi connectivity index (χ1v) is 11.9. The van der Waals surface area contributed by atoms with E-state index in [2.05, 4.69) is 30.2 Å². The number of nitrogens with one attached hydrogen (secondary N) is 3. The minimum Gasteiger partial charge on any atom is -0.492 e. The second-order valence-corrected chi connectivity index (χ2v) is 8.78. The van der Waals surface area contributed by atoms with Gasteiger partial charge in [0.05, 0.1) is 18.1 Å². The summed E-state index contributed by atoms with van der Waals surface area (Å²) >= 11 is 0. The summed E-state index contributed by atoms with van der Waals surface area (Å²) in [7, 11) is 0.407. The standard InChI is InChI=1S/C23H28N6O3S/c1-24-33(30)21-4-2-3-19(15-21)28-23-16-22(25-17-26-23)27-18-5-7-20(8-6-18)32-14-11-29-9-12-31-13-10-29/h2-8,15-17,24H,9-14H2,1H3,(H2,25,26,27,28). The molecule has 174 valence electrons. The Bertz CT molecular complexity index is 1060. The molecule has 0 amide bonds. The second-order valence-electron chi connectivity index (χ2n) is 7.37. The molecule has 0 bridgehead atoms. The number of anilines is 4. The molecule has 1 aliphatic rings. The lowest BCUT2D eigenvalue weighted by atomic mass is 10.3. The number of benzene rings is 2. The van der Waals surface area contributed by atoms with Gasteiger partial charge in [0, 0.05) is 37.1 Å². The minimum atomic E-state index is -1.25. The van der Waals surface area contributed by atoms with E-state index in [1.165, 1.54) is 6.33 Å². The number of nitrogens with zero attached hydrogens (tertiary/aromatic N) is 3. The molecule has 33 heavy (non-hydrogen) atoms. The number of rotatable bonds is 10. The van der Waals surface area contributed by atoms with E-state index >= 15 is 0 Å². The van der Waals surface area contributed by atoms with Crippen molar-refractivity contribution < 1.29 is 13.7 Å². The van der Waals surface area contributed by atoms with E-state index in [1.54, 1.807) is 13.1 Å². The van der Waals surface area contributed by atoms with E-state index in [9.17, 15) is 4.21 Å². The van der Waals surface area contributed by atoms with Gasteiger partial charge in [0.2, 0.25) is 0 Å². The van der Waals surface area contributed by atoms with Gasteiger partial charge < -0.3 is 20.1 Å². The highest BCUT2D eigenvalue weighted by atomic mass is 32.2. The summed E-state index contributed by atoms with van der Waals surface area (Å²) in [4.78, 5) is 11.6. The van der Waals surface area contributed by atoms with Gasteiger partial charge in [0.15, 0.2) is 0 Å². The summed E-state index contributed by atoms with van der Waals surface area (Å²) in [6, 6.07) is 17.0. The lowest BCUT2D eigenvalue weighted by molar-refractivity contribution is 0.0322. The normalized spacial score (nSPS) is 15.1. The topological polar surface area (TPSA) is 101 Å². The second kappa shape index (κ2) is 11.7. The quantitative estimate of drug-likeness (QED) is 0.418. The summed E-state index contributed by atoms with van der Waals surface area (Å²) in [6.07, 6.45) is 1.49. The highest BCUT2D eigenvalue weighted by Gasteiger charge is 2.10. The Hall–Kier alpha value is -3.05. The molecule has 1 atom stereocenters. The van der Waals surface area contributed by atoms with Crippen LogP contribution in [0.1, 0.15) is 0 Å². The number of ether oxygens (including phenoxy) is 2. The maximum atomic E-state index is 12.0. The Balaban J connectivity index is 1.31. The lowest BCUT2D eigenvalue weighted by Gasteiger charge is -2.26. The fourth-order valence-electron chi connectivity index (χ4n) is 3.35. The van der Waals surface area contributed by atoms with Crippen LogP contribution in [0.3, 0.4) is 0 Å². The third kappa shape index (κ3) is 6.96. The number of morpholine rings is 1. The largest absolute Gasteiger partial charge is 0.492 e. The molecule has 1 aliphatic heterocycles. The summed E-state index contributed by atoms with van der Waals surface area (Å²) < 4.78 is 25.9. The van der Waals surface area contributed by atoms with Crippen LogP contribution in [-0.2, 0) is 15.7 Å². The van der Waals surface area contributed by atoms with Gasteiger partial charge >= 0.3 is 0 Å².